The van der Waals surface area contributed by atoms with Gasteiger partial charge in [-0.1, -0.05) is 26.2 Å². The average Bonchev–Trinajstić information content (AvgIpc) is 2.69. The smallest absolute Gasteiger partial charge is 0.202 e. The largest absolute Gasteiger partial charge is 0.396 e. The molecular formula is C13H24O4. The minimum absolute atomic E-state index is 0.0914. The number of ether oxygens (including phenoxy) is 1. The van der Waals surface area contributed by atoms with Crippen LogP contribution in [0, 0.1) is 0 Å². The first-order valence-corrected chi connectivity index (χ1v) is 6.93. The lowest BCUT2D eigenvalue weighted by atomic mass is 10.0. The van der Waals surface area contributed by atoms with Gasteiger partial charge in [0.1, 0.15) is 6.10 Å². The van der Waals surface area contributed by atoms with E-state index in [0.29, 0.717) is 6.42 Å². The van der Waals surface area contributed by atoms with Gasteiger partial charge in [0.2, 0.25) is 5.79 Å². The predicted octanol–water partition coefficient (Wildman–Crippen LogP) is 2.54. The third-order valence-corrected chi connectivity index (χ3v) is 3.74. The minimum atomic E-state index is -0.482. The first kappa shape index (κ1) is 13.3. The van der Waals surface area contributed by atoms with Crippen LogP contribution in [-0.4, -0.2) is 29.7 Å². The number of aliphatic hydroxyl groups excluding tert-OH is 1. The summed E-state index contributed by atoms with van der Waals surface area (Å²) in [5.41, 5.74) is 0. The Balaban J connectivity index is 1.77. The van der Waals surface area contributed by atoms with Crippen molar-refractivity contribution in [2.45, 2.75) is 76.3 Å². The predicted molar refractivity (Wildman–Crippen MR) is 63.3 cm³/mol. The second kappa shape index (κ2) is 6.14. The molecule has 3 atom stereocenters. The van der Waals surface area contributed by atoms with Crippen LogP contribution in [0.25, 0.3) is 0 Å². The zero-order valence-electron chi connectivity index (χ0n) is 10.7. The van der Waals surface area contributed by atoms with E-state index < -0.39 is 5.79 Å². The number of rotatable bonds is 7. The van der Waals surface area contributed by atoms with E-state index in [9.17, 15) is 0 Å². The van der Waals surface area contributed by atoms with Crippen LogP contribution in [0.15, 0.2) is 0 Å². The highest BCUT2D eigenvalue weighted by Gasteiger charge is 2.49. The van der Waals surface area contributed by atoms with Gasteiger partial charge < -0.3 is 9.84 Å². The molecule has 0 aliphatic carbocycles. The van der Waals surface area contributed by atoms with Gasteiger partial charge in [-0.3, -0.25) is 0 Å². The molecular weight excluding hydrogens is 220 g/mol. The molecule has 4 heteroatoms. The van der Waals surface area contributed by atoms with Gasteiger partial charge in [-0.15, -0.1) is 0 Å². The van der Waals surface area contributed by atoms with Crippen LogP contribution in [0.4, 0.5) is 0 Å². The Hall–Kier alpha value is -0.160. The Kier molecular flexibility index (Phi) is 4.79. The highest BCUT2D eigenvalue weighted by molar-refractivity contribution is 4.87. The van der Waals surface area contributed by atoms with Crippen molar-refractivity contribution in [1.82, 2.24) is 0 Å². The van der Waals surface area contributed by atoms with Crippen molar-refractivity contribution in [2.24, 2.45) is 0 Å². The highest BCUT2D eigenvalue weighted by atomic mass is 17.2. The molecule has 2 fully saturated rings. The van der Waals surface area contributed by atoms with Gasteiger partial charge in [0.15, 0.2) is 0 Å². The summed E-state index contributed by atoms with van der Waals surface area (Å²) in [6.45, 7) is 2.33. The highest BCUT2D eigenvalue weighted by Crippen LogP contribution is 2.42. The molecule has 0 saturated carbocycles. The van der Waals surface area contributed by atoms with E-state index in [4.69, 9.17) is 19.6 Å². The van der Waals surface area contributed by atoms with Gasteiger partial charge >= 0.3 is 0 Å². The van der Waals surface area contributed by atoms with E-state index in [-0.39, 0.29) is 18.8 Å². The first-order valence-electron chi connectivity index (χ1n) is 6.93. The van der Waals surface area contributed by atoms with Crippen LogP contribution in [0.3, 0.4) is 0 Å². The maximum absolute atomic E-state index is 8.92. The molecule has 2 aliphatic rings. The van der Waals surface area contributed by atoms with E-state index in [1.54, 1.807) is 0 Å². The second-order valence-electron chi connectivity index (χ2n) is 5.15. The first-order chi connectivity index (χ1) is 8.29. The molecule has 0 aromatic heterocycles. The van der Waals surface area contributed by atoms with Crippen molar-refractivity contribution >= 4 is 0 Å². The van der Waals surface area contributed by atoms with Crippen LogP contribution in [-0.2, 0) is 14.5 Å². The summed E-state index contributed by atoms with van der Waals surface area (Å²) >= 11 is 0. The zero-order valence-corrected chi connectivity index (χ0v) is 10.7. The van der Waals surface area contributed by atoms with Gasteiger partial charge in [-0.2, -0.15) is 0 Å². The lowest BCUT2D eigenvalue weighted by Gasteiger charge is -2.36. The third-order valence-electron chi connectivity index (χ3n) is 3.74. The molecule has 2 bridgehead atoms. The number of hydrogen-bond donors (Lipinski definition) is 1. The Labute approximate surface area is 103 Å². The van der Waals surface area contributed by atoms with E-state index in [1.807, 2.05) is 0 Å². The topological polar surface area (TPSA) is 47.9 Å². The molecule has 2 aliphatic heterocycles. The number of hydrogen-bond acceptors (Lipinski definition) is 4. The van der Waals surface area contributed by atoms with Crippen molar-refractivity contribution in [3.05, 3.63) is 0 Å². The van der Waals surface area contributed by atoms with Gasteiger partial charge in [-0.25, -0.2) is 9.78 Å². The Morgan fingerprint density at radius 1 is 1.29 bits per heavy atom. The fraction of sp³-hybridized carbons (Fsp3) is 1.00. The van der Waals surface area contributed by atoms with Crippen molar-refractivity contribution in [3.63, 3.8) is 0 Å². The Bertz CT molecular complexity index is 229. The fourth-order valence-electron chi connectivity index (χ4n) is 2.70. The molecule has 0 aromatic carbocycles. The standard InChI is InChI=1S/C13H24O4/c1-2-3-4-5-8-13-9-6-11(15-13)12(7-10-14)16-17-13/h11-12,14H,2-10H2,1H3/t11-,12?,13-/m0/s1. The summed E-state index contributed by atoms with van der Waals surface area (Å²) in [5, 5.41) is 8.92. The molecule has 2 rings (SSSR count). The Morgan fingerprint density at radius 2 is 2.18 bits per heavy atom. The number of fused-ring (bicyclic) bond motifs is 2. The summed E-state index contributed by atoms with van der Waals surface area (Å²) < 4.78 is 5.97. The van der Waals surface area contributed by atoms with Crippen LogP contribution in [0.1, 0.15) is 58.3 Å². The third kappa shape index (κ3) is 3.19. The quantitative estimate of drug-likeness (QED) is 0.552. The molecule has 4 nitrogen and oxygen atoms in total. The van der Waals surface area contributed by atoms with E-state index in [0.717, 1.165) is 25.7 Å². The van der Waals surface area contributed by atoms with E-state index in [2.05, 4.69) is 6.92 Å². The fourth-order valence-corrected chi connectivity index (χ4v) is 2.70. The molecule has 0 amide bonds. The molecule has 0 radical (unpaired) electrons. The summed E-state index contributed by atoms with van der Waals surface area (Å²) in [6.07, 6.45) is 8.33. The molecule has 1 N–H and O–H groups in total. The van der Waals surface area contributed by atoms with E-state index in [1.165, 1.54) is 19.3 Å². The SMILES string of the molecule is CCCCCC[C@]12CC[C@H](O1)C(CCO)OO2. The van der Waals surface area contributed by atoms with Gasteiger partial charge in [0.05, 0.1) is 6.10 Å². The maximum atomic E-state index is 8.92. The molecule has 0 spiro atoms. The molecule has 17 heavy (non-hydrogen) atoms. The summed E-state index contributed by atoms with van der Waals surface area (Å²) in [5.74, 6) is -0.482. The zero-order chi connectivity index (χ0) is 12.1. The van der Waals surface area contributed by atoms with Crippen molar-refractivity contribution in [1.29, 1.82) is 0 Å². The summed E-state index contributed by atoms with van der Waals surface area (Å²) in [7, 11) is 0. The molecule has 100 valence electrons. The lowest BCUT2D eigenvalue weighted by Crippen LogP contribution is -2.44. The summed E-state index contributed by atoms with van der Waals surface area (Å²) in [4.78, 5) is 10.8. The molecule has 2 saturated heterocycles. The van der Waals surface area contributed by atoms with Gasteiger partial charge in [0.25, 0.3) is 0 Å². The molecule has 2 heterocycles. The average molecular weight is 244 g/mol. The lowest BCUT2D eigenvalue weighted by molar-refractivity contribution is -0.486. The molecule has 0 aromatic rings. The van der Waals surface area contributed by atoms with Crippen LogP contribution in [0.5, 0.6) is 0 Å². The van der Waals surface area contributed by atoms with Crippen molar-refractivity contribution in [2.75, 3.05) is 6.61 Å². The van der Waals surface area contributed by atoms with E-state index >= 15 is 0 Å². The summed E-state index contributed by atoms with van der Waals surface area (Å²) in [6, 6.07) is 0. The number of aliphatic hydroxyl groups is 1. The Morgan fingerprint density at radius 3 is 2.94 bits per heavy atom. The van der Waals surface area contributed by atoms with Crippen molar-refractivity contribution < 1.29 is 19.6 Å². The van der Waals surface area contributed by atoms with Crippen LogP contribution >= 0.6 is 0 Å². The van der Waals surface area contributed by atoms with Crippen molar-refractivity contribution in [3.8, 4) is 0 Å². The minimum Gasteiger partial charge on any atom is -0.396 e. The maximum Gasteiger partial charge on any atom is 0.202 e. The number of unbranched alkanes of at least 4 members (excludes halogenated alkanes) is 3. The van der Waals surface area contributed by atoms with Crippen LogP contribution in [0.2, 0.25) is 0 Å². The van der Waals surface area contributed by atoms with Crippen LogP contribution < -0.4 is 0 Å². The molecule has 1 unspecified atom stereocenters. The normalized spacial score (nSPS) is 36.4. The monoisotopic (exact) mass is 244 g/mol. The van der Waals surface area contributed by atoms with Gasteiger partial charge in [0, 0.05) is 25.9 Å². The second-order valence-corrected chi connectivity index (χ2v) is 5.15. The van der Waals surface area contributed by atoms with Gasteiger partial charge in [-0.05, 0) is 12.8 Å².